The van der Waals surface area contributed by atoms with Crippen molar-refractivity contribution in [3.05, 3.63) is 46.4 Å². The van der Waals surface area contributed by atoms with Gasteiger partial charge in [-0.1, -0.05) is 25.4 Å². The van der Waals surface area contributed by atoms with Gasteiger partial charge in [-0.15, -0.1) is 11.3 Å². The van der Waals surface area contributed by atoms with Crippen LogP contribution in [0.25, 0.3) is 0 Å². The number of halogens is 1. The number of carbonyl (C=O) groups excluding carboxylic acids is 2. The number of nitrogens with one attached hydrogen (secondary N) is 2. The normalized spacial score (nSPS) is 12.0. The predicted molar refractivity (Wildman–Crippen MR) is 88.3 cm³/mol. The Morgan fingerprint density at radius 3 is 2.45 bits per heavy atom. The molecule has 0 saturated heterocycles. The molecule has 0 aliphatic heterocycles. The molecule has 0 aliphatic carbocycles. The molecular weight excluding hydrogens is 322 g/mol. The molecular formula is C15H16ClN3O2S. The van der Waals surface area contributed by atoms with Crippen LogP contribution in [0.5, 0.6) is 0 Å². The molecule has 0 fully saturated rings. The number of anilines is 1. The van der Waals surface area contributed by atoms with E-state index < -0.39 is 6.04 Å². The maximum Gasteiger partial charge on any atom is 0.251 e. The maximum absolute atomic E-state index is 12.3. The quantitative estimate of drug-likeness (QED) is 0.880. The molecule has 1 unspecified atom stereocenters. The van der Waals surface area contributed by atoms with Gasteiger partial charge in [-0.05, 0) is 30.2 Å². The third-order valence-corrected chi connectivity index (χ3v) is 3.95. The molecule has 1 atom stereocenters. The van der Waals surface area contributed by atoms with E-state index in [1.54, 1.807) is 35.8 Å². The first kappa shape index (κ1) is 16.5. The highest BCUT2D eigenvalue weighted by Crippen LogP contribution is 2.14. The molecule has 0 radical (unpaired) electrons. The van der Waals surface area contributed by atoms with Crippen molar-refractivity contribution in [3.63, 3.8) is 0 Å². The number of amides is 2. The van der Waals surface area contributed by atoms with E-state index in [2.05, 4.69) is 15.6 Å². The SMILES string of the molecule is CC(C)C(NC(=O)c1ccc(Cl)cc1)C(=O)Nc1nccs1. The average Bonchev–Trinajstić information content (AvgIpc) is 2.97. The number of benzene rings is 1. The fourth-order valence-electron chi connectivity index (χ4n) is 1.83. The van der Waals surface area contributed by atoms with E-state index in [1.807, 2.05) is 13.8 Å². The van der Waals surface area contributed by atoms with Crippen LogP contribution in [0, 0.1) is 5.92 Å². The Kier molecular flexibility index (Phi) is 5.51. The third-order valence-electron chi connectivity index (χ3n) is 3.00. The molecule has 1 heterocycles. The van der Waals surface area contributed by atoms with Gasteiger partial charge in [0.25, 0.3) is 5.91 Å². The summed E-state index contributed by atoms with van der Waals surface area (Å²) < 4.78 is 0. The molecule has 1 aromatic heterocycles. The Labute approximate surface area is 137 Å². The van der Waals surface area contributed by atoms with E-state index in [4.69, 9.17) is 11.6 Å². The molecule has 2 amide bonds. The summed E-state index contributed by atoms with van der Waals surface area (Å²) in [5, 5.41) is 8.28. The number of aromatic nitrogens is 1. The summed E-state index contributed by atoms with van der Waals surface area (Å²) in [7, 11) is 0. The summed E-state index contributed by atoms with van der Waals surface area (Å²) in [6, 6.07) is 5.86. The summed E-state index contributed by atoms with van der Waals surface area (Å²) in [5.41, 5.74) is 0.456. The second kappa shape index (κ2) is 7.38. The lowest BCUT2D eigenvalue weighted by atomic mass is 10.0. The van der Waals surface area contributed by atoms with E-state index >= 15 is 0 Å². The Morgan fingerprint density at radius 2 is 1.91 bits per heavy atom. The maximum atomic E-state index is 12.3. The van der Waals surface area contributed by atoms with Crippen LogP contribution in [-0.2, 0) is 4.79 Å². The van der Waals surface area contributed by atoms with Crippen molar-refractivity contribution >= 4 is 39.9 Å². The highest BCUT2D eigenvalue weighted by atomic mass is 35.5. The molecule has 2 rings (SSSR count). The van der Waals surface area contributed by atoms with Gasteiger partial charge in [0.15, 0.2) is 5.13 Å². The van der Waals surface area contributed by atoms with Crippen LogP contribution in [-0.4, -0.2) is 22.8 Å². The lowest BCUT2D eigenvalue weighted by Gasteiger charge is -2.21. The highest BCUT2D eigenvalue weighted by molar-refractivity contribution is 7.13. The number of nitrogens with zero attached hydrogens (tertiary/aromatic N) is 1. The van der Waals surface area contributed by atoms with Gasteiger partial charge >= 0.3 is 0 Å². The Balaban J connectivity index is 2.06. The van der Waals surface area contributed by atoms with E-state index in [1.165, 1.54) is 11.3 Å². The Bertz CT molecular complexity index is 641. The summed E-state index contributed by atoms with van der Waals surface area (Å²) in [6.45, 7) is 3.74. The standard InChI is InChI=1S/C15H16ClN3O2S/c1-9(2)12(14(21)19-15-17-7-8-22-15)18-13(20)10-3-5-11(16)6-4-10/h3-9,12H,1-2H3,(H,18,20)(H,17,19,21). The van der Waals surface area contributed by atoms with Gasteiger partial charge in [0.05, 0.1) is 0 Å². The topological polar surface area (TPSA) is 71.1 Å². The first-order chi connectivity index (χ1) is 10.5. The van der Waals surface area contributed by atoms with E-state index in [9.17, 15) is 9.59 Å². The number of hydrogen-bond donors (Lipinski definition) is 2. The predicted octanol–water partition coefficient (Wildman–Crippen LogP) is 3.19. The molecule has 0 saturated carbocycles. The van der Waals surface area contributed by atoms with Crippen molar-refractivity contribution < 1.29 is 9.59 Å². The van der Waals surface area contributed by atoms with Gasteiger partial charge < -0.3 is 10.6 Å². The Hall–Kier alpha value is -1.92. The molecule has 0 aliphatic rings. The number of hydrogen-bond acceptors (Lipinski definition) is 4. The van der Waals surface area contributed by atoms with Crippen LogP contribution in [0.2, 0.25) is 5.02 Å². The number of carbonyl (C=O) groups is 2. The van der Waals surface area contributed by atoms with Gasteiger partial charge in [0.2, 0.25) is 5.91 Å². The van der Waals surface area contributed by atoms with E-state index in [-0.39, 0.29) is 17.7 Å². The van der Waals surface area contributed by atoms with Gasteiger partial charge in [-0.3, -0.25) is 9.59 Å². The minimum atomic E-state index is -0.646. The lowest BCUT2D eigenvalue weighted by molar-refractivity contribution is -0.118. The van der Waals surface area contributed by atoms with Crippen LogP contribution in [0.1, 0.15) is 24.2 Å². The van der Waals surface area contributed by atoms with Crippen molar-refractivity contribution in [2.45, 2.75) is 19.9 Å². The zero-order valence-electron chi connectivity index (χ0n) is 12.2. The van der Waals surface area contributed by atoms with Crippen molar-refractivity contribution in [2.75, 3.05) is 5.32 Å². The molecule has 116 valence electrons. The molecule has 2 aromatic rings. The smallest absolute Gasteiger partial charge is 0.251 e. The second-order valence-electron chi connectivity index (χ2n) is 5.03. The molecule has 0 spiro atoms. The van der Waals surface area contributed by atoms with E-state index in [0.717, 1.165) is 0 Å². The van der Waals surface area contributed by atoms with Crippen LogP contribution in [0.3, 0.4) is 0 Å². The molecule has 0 bridgehead atoms. The van der Waals surface area contributed by atoms with Crippen molar-refractivity contribution in [3.8, 4) is 0 Å². The Morgan fingerprint density at radius 1 is 1.23 bits per heavy atom. The summed E-state index contributed by atoms with van der Waals surface area (Å²) in [6.07, 6.45) is 1.61. The lowest BCUT2D eigenvalue weighted by Crippen LogP contribution is -2.47. The number of thiazole rings is 1. The van der Waals surface area contributed by atoms with Gasteiger partial charge in [-0.25, -0.2) is 4.98 Å². The minimum absolute atomic E-state index is 0.0591. The largest absolute Gasteiger partial charge is 0.340 e. The summed E-state index contributed by atoms with van der Waals surface area (Å²) >= 11 is 7.13. The van der Waals surface area contributed by atoms with E-state index in [0.29, 0.717) is 15.7 Å². The van der Waals surface area contributed by atoms with Crippen LogP contribution >= 0.6 is 22.9 Å². The molecule has 2 N–H and O–H groups in total. The third kappa shape index (κ3) is 4.29. The van der Waals surface area contributed by atoms with Gasteiger partial charge in [-0.2, -0.15) is 0 Å². The molecule has 1 aromatic carbocycles. The zero-order valence-corrected chi connectivity index (χ0v) is 13.7. The van der Waals surface area contributed by atoms with Crippen molar-refractivity contribution in [2.24, 2.45) is 5.92 Å². The average molecular weight is 338 g/mol. The van der Waals surface area contributed by atoms with Crippen LogP contribution in [0.4, 0.5) is 5.13 Å². The summed E-state index contributed by atoms with van der Waals surface area (Å²) in [5.74, 6) is -0.659. The number of rotatable bonds is 5. The zero-order chi connectivity index (χ0) is 16.1. The van der Waals surface area contributed by atoms with Crippen LogP contribution < -0.4 is 10.6 Å². The summed E-state index contributed by atoms with van der Waals surface area (Å²) in [4.78, 5) is 28.5. The molecule has 5 nitrogen and oxygen atoms in total. The van der Waals surface area contributed by atoms with Crippen LogP contribution in [0.15, 0.2) is 35.8 Å². The second-order valence-corrected chi connectivity index (χ2v) is 6.36. The first-order valence-corrected chi connectivity index (χ1v) is 8.00. The minimum Gasteiger partial charge on any atom is -0.340 e. The molecule has 7 heteroatoms. The fourth-order valence-corrected chi connectivity index (χ4v) is 2.49. The first-order valence-electron chi connectivity index (χ1n) is 6.74. The van der Waals surface area contributed by atoms with Gasteiger partial charge in [0.1, 0.15) is 6.04 Å². The van der Waals surface area contributed by atoms with Gasteiger partial charge in [0, 0.05) is 22.2 Å². The highest BCUT2D eigenvalue weighted by Gasteiger charge is 2.25. The van der Waals surface area contributed by atoms with Crippen molar-refractivity contribution in [1.29, 1.82) is 0 Å². The fraction of sp³-hybridized carbons (Fsp3) is 0.267. The molecule has 22 heavy (non-hydrogen) atoms. The van der Waals surface area contributed by atoms with Crippen molar-refractivity contribution in [1.82, 2.24) is 10.3 Å². The monoisotopic (exact) mass is 337 g/mol.